The quantitative estimate of drug-likeness (QED) is 0.795. The lowest BCUT2D eigenvalue weighted by Gasteiger charge is -2.10. The van der Waals surface area contributed by atoms with Crippen LogP contribution in [0.15, 0.2) is 41.3 Å². The van der Waals surface area contributed by atoms with Gasteiger partial charge in [0.2, 0.25) is 0 Å². The Morgan fingerprint density at radius 1 is 1.00 bits per heavy atom. The average molecular weight is 358 g/mol. The largest absolute Gasteiger partial charge is 0.550 e. The zero-order chi connectivity index (χ0) is 17.9. The van der Waals surface area contributed by atoms with Crippen LogP contribution in [0.4, 0.5) is 18.9 Å². The highest BCUT2D eigenvalue weighted by atomic mass is 32.2. The Bertz CT molecular complexity index is 867. The fraction of sp³-hybridized carbons (Fsp3) is 0.133. The van der Waals surface area contributed by atoms with Crippen molar-refractivity contribution in [3.8, 4) is 0 Å². The molecule has 0 amide bonds. The maximum atomic E-state index is 13.5. The number of rotatable bonds is 6. The Labute approximate surface area is 135 Å². The average Bonchev–Trinajstić information content (AvgIpc) is 2.54. The van der Waals surface area contributed by atoms with Crippen LogP contribution in [0, 0.1) is 17.5 Å². The molecule has 0 fully saturated rings. The van der Waals surface area contributed by atoms with Gasteiger partial charge in [-0.2, -0.15) is 0 Å². The second kappa shape index (κ2) is 6.91. The highest BCUT2D eigenvalue weighted by Gasteiger charge is 2.19. The van der Waals surface area contributed by atoms with Gasteiger partial charge in [0, 0.05) is 5.97 Å². The number of anilines is 1. The fourth-order valence-electron chi connectivity index (χ4n) is 1.89. The molecule has 0 spiro atoms. The first-order valence-electron chi connectivity index (χ1n) is 6.66. The van der Waals surface area contributed by atoms with Crippen LogP contribution < -0.4 is 9.83 Å². The van der Waals surface area contributed by atoms with Crippen molar-refractivity contribution in [1.82, 2.24) is 0 Å². The highest BCUT2D eigenvalue weighted by Crippen LogP contribution is 2.23. The normalized spacial score (nSPS) is 11.3. The fourth-order valence-corrected chi connectivity index (χ4v) is 2.95. The molecule has 5 nitrogen and oxygen atoms in total. The summed E-state index contributed by atoms with van der Waals surface area (Å²) in [4.78, 5) is 10.1. The van der Waals surface area contributed by atoms with Gasteiger partial charge in [0.05, 0.1) is 10.6 Å². The summed E-state index contributed by atoms with van der Waals surface area (Å²) in [5, 5.41) is 10.4. The Morgan fingerprint density at radius 2 is 1.62 bits per heavy atom. The lowest BCUT2D eigenvalue weighted by molar-refractivity contribution is -0.305. The third kappa shape index (κ3) is 4.05. The second-order valence-electron chi connectivity index (χ2n) is 4.84. The molecule has 0 unspecified atom stereocenters. The van der Waals surface area contributed by atoms with Crippen LogP contribution in [-0.2, 0) is 21.2 Å². The summed E-state index contributed by atoms with van der Waals surface area (Å²) in [5.41, 5.74) is -0.160. The maximum Gasteiger partial charge on any atom is 0.261 e. The third-order valence-corrected chi connectivity index (χ3v) is 4.51. The van der Waals surface area contributed by atoms with Crippen LogP contribution in [0.5, 0.6) is 0 Å². The van der Waals surface area contributed by atoms with E-state index in [-0.39, 0.29) is 17.7 Å². The van der Waals surface area contributed by atoms with Gasteiger partial charge in [0.25, 0.3) is 10.0 Å². The van der Waals surface area contributed by atoms with E-state index in [1.807, 2.05) is 4.72 Å². The molecule has 2 rings (SSSR count). The summed E-state index contributed by atoms with van der Waals surface area (Å²) in [5.74, 6) is -6.10. The molecule has 1 N–H and O–H groups in total. The first-order valence-corrected chi connectivity index (χ1v) is 8.14. The summed E-state index contributed by atoms with van der Waals surface area (Å²) in [6.07, 6.45) is -0.0572. The number of aryl methyl sites for hydroxylation is 1. The van der Waals surface area contributed by atoms with Crippen molar-refractivity contribution in [3.63, 3.8) is 0 Å². The zero-order valence-electron chi connectivity index (χ0n) is 12.1. The maximum absolute atomic E-state index is 13.5. The number of halogens is 3. The van der Waals surface area contributed by atoms with Gasteiger partial charge < -0.3 is 9.90 Å². The van der Waals surface area contributed by atoms with Crippen LogP contribution in [0.1, 0.15) is 12.0 Å². The van der Waals surface area contributed by atoms with E-state index in [0.29, 0.717) is 11.6 Å². The molecule has 0 heterocycles. The Kier molecular flexibility index (Phi) is 5.13. The molecule has 0 saturated heterocycles. The topological polar surface area (TPSA) is 86.3 Å². The summed E-state index contributed by atoms with van der Waals surface area (Å²) in [6.45, 7) is 0. The Morgan fingerprint density at radius 3 is 2.21 bits per heavy atom. The highest BCUT2D eigenvalue weighted by molar-refractivity contribution is 7.92. The lowest BCUT2D eigenvalue weighted by atomic mass is 10.1. The van der Waals surface area contributed by atoms with E-state index >= 15 is 0 Å². The molecule has 0 atom stereocenters. The smallest absolute Gasteiger partial charge is 0.261 e. The number of hydrogen-bond donors (Lipinski definition) is 1. The third-order valence-electron chi connectivity index (χ3n) is 3.13. The first-order chi connectivity index (χ1) is 11.2. The second-order valence-corrected chi connectivity index (χ2v) is 6.53. The first kappa shape index (κ1) is 17.8. The minimum atomic E-state index is -4.22. The Hall–Kier alpha value is -2.55. The molecule has 0 saturated carbocycles. The lowest BCUT2D eigenvalue weighted by Crippen LogP contribution is -2.22. The molecule has 24 heavy (non-hydrogen) atoms. The van der Waals surface area contributed by atoms with Gasteiger partial charge in [-0.05, 0) is 42.7 Å². The SMILES string of the molecule is O=C([O-])CCc1ccc(S(=O)(=O)Nc2ccc(F)c(F)c2F)cc1. The van der Waals surface area contributed by atoms with Gasteiger partial charge in [-0.3, -0.25) is 4.72 Å². The number of carbonyl (C=O) groups excluding carboxylic acids is 1. The van der Waals surface area contributed by atoms with Crippen molar-refractivity contribution in [2.75, 3.05) is 4.72 Å². The van der Waals surface area contributed by atoms with Crippen LogP contribution >= 0.6 is 0 Å². The summed E-state index contributed by atoms with van der Waals surface area (Å²) in [7, 11) is -4.22. The molecule has 128 valence electrons. The van der Waals surface area contributed by atoms with Gasteiger partial charge in [0.15, 0.2) is 17.5 Å². The van der Waals surface area contributed by atoms with Crippen molar-refractivity contribution in [1.29, 1.82) is 0 Å². The molecule has 0 aliphatic carbocycles. The standard InChI is InChI=1S/C15H12F3NO4S/c16-11-6-7-12(15(18)14(11)17)19-24(22,23)10-4-1-9(2-5-10)3-8-13(20)21/h1-2,4-7,19H,3,8H2,(H,20,21)/p-1. The van der Waals surface area contributed by atoms with E-state index < -0.39 is 39.1 Å². The van der Waals surface area contributed by atoms with Gasteiger partial charge >= 0.3 is 0 Å². The molecule has 0 aliphatic rings. The van der Waals surface area contributed by atoms with Crippen molar-refractivity contribution in [3.05, 3.63) is 59.4 Å². The predicted octanol–water partition coefficient (Wildman–Crippen LogP) is 1.59. The van der Waals surface area contributed by atoms with Crippen molar-refractivity contribution in [2.45, 2.75) is 17.7 Å². The van der Waals surface area contributed by atoms with Crippen molar-refractivity contribution >= 4 is 21.7 Å². The number of hydrogen-bond acceptors (Lipinski definition) is 4. The molecule has 2 aromatic carbocycles. The predicted molar refractivity (Wildman–Crippen MR) is 76.9 cm³/mol. The minimum Gasteiger partial charge on any atom is -0.550 e. The molecule has 0 aromatic heterocycles. The summed E-state index contributed by atoms with van der Waals surface area (Å²) < 4.78 is 65.6. The molecule has 0 bridgehead atoms. The summed E-state index contributed by atoms with van der Waals surface area (Å²) >= 11 is 0. The van der Waals surface area contributed by atoms with Crippen LogP contribution in [-0.4, -0.2) is 14.4 Å². The van der Waals surface area contributed by atoms with Gasteiger partial charge in [-0.15, -0.1) is 0 Å². The van der Waals surface area contributed by atoms with Crippen LogP contribution in [0.2, 0.25) is 0 Å². The van der Waals surface area contributed by atoms with E-state index in [1.165, 1.54) is 24.3 Å². The van der Waals surface area contributed by atoms with E-state index in [1.54, 1.807) is 0 Å². The van der Waals surface area contributed by atoms with Gasteiger partial charge in [-0.1, -0.05) is 12.1 Å². The number of carbonyl (C=O) groups is 1. The number of sulfonamides is 1. The molecular formula is C15H11F3NO4S-. The number of carboxylic acid groups (broad SMARTS) is 1. The zero-order valence-corrected chi connectivity index (χ0v) is 12.9. The molecule has 2 aromatic rings. The minimum absolute atomic E-state index is 0.161. The summed E-state index contributed by atoms with van der Waals surface area (Å²) in [6, 6.07) is 6.51. The van der Waals surface area contributed by atoms with Crippen molar-refractivity contribution in [2.24, 2.45) is 0 Å². The van der Waals surface area contributed by atoms with E-state index in [0.717, 1.165) is 6.07 Å². The molecule has 9 heteroatoms. The monoisotopic (exact) mass is 358 g/mol. The molecule has 0 radical (unpaired) electrons. The van der Waals surface area contributed by atoms with E-state index in [2.05, 4.69) is 0 Å². The van der Waals surface area contributed by atoms with E-state index in [4.69, 9.17) is 0 Å². The number of benzene rings is 2. The molecular weight excluding hydrogens is 347 g/mol. The molecule has 0 aliphatic heterocycles. The Balaban J connectivity index is 2.22. The van der Waals surface area contributed by atoms with Gasteiger partial charge in [-0.25, -0.2) is 21.6 Å². The van der Waals surface area contributed by atoms with E-state index in [9.17, 15) is 31.5 Å². The number of aliphatic carboxylic acids is 1. The number of carboxylic acids is 1. The van der Waals surface area contributed by atoms with Gasteiger partial charge in [0.1, 0.15) is 0 Å². The van der Waals surface area contributed by atoms with Crippen LogP contribution in [0.3, 0.4) is 0 Å². The van der Waals surface area contributed by atoms with Crippen LogP contribution in [0.25, 0.3) is 0 Å². The number of nitrogens with one attached hydrogen (secondary N) is 1. The van der Waals surface area contributed by atoms with Crippen molar-refractivity contribution < 1.29 is 31.5 Å².